The first-order valence-electron chi connectivity index (χ1n) is 7.73. The van der Waals surface area contributed by atoms with Crippen LogP contribution in [0.15, 0.2) is 27.8 Å². The van der Waals surface area contributed by atoms with Crippen molar-refractivity contribution in [1.29, 1.82) is 0 Å². The zero-order chi connectivity index (χ0) is 15.6. The van der Waals surface area contributed by atoms with E-state index in [1.165, 1.54) is 12.8 Å². The summed E-state index contributed by atoms with van der Waals surface area (Å²) in [5, 5.41) is 13.6. The number of unbranched alkanes of at least 4 members (excludes halogenated alkanes) is 2. The van der Waals surface area contributed by atoms with E-state index in [1.54, 1.807) is 13.3 Å². The monoisotopic (exact) mass is 304 g/mol. The average molecular weight is 304 g/mol. The van der Waals surface area contributed by atoms with Gasteiger partial charge in [0, 0.05) is 26.6 Å². The summed E-state index contributed by atoms with van der Waals surface area (Å²) in [7, 11) is 1.78. The molecule has 0 unspecified atom stereocenters. The van der Waals surface area contributed by atoms with Gasteiger partial charge in [-0.1, -0.05) is 19.8 Å². The summed E-state index contributed by atoms with van der Waals surface area (Å²) in [4.78, 5) is 8.60. The van der Waals surface area contributed by atoms with Gasteiger partial charge < -0.3 is 15.1 Å². The molecule has 0 aliphatic carbocycles. The first-order valence-corrected chi connectivity index (χ1v) is 7.73. The third kappa shape index (κ3) is 4.91. The van der Waals surface area contributed by atoms with E-state index in [9.17, 15) is 0 Å². The topological polar surface area (TPSA) is 91.1 Å². The SMILES string of the molecule is CCCCCNC(=NC)NCCc1nc(-c2ccco2)n[nH]1. The van der Waals surface area contributed by atoms with Crippen LogP contribution in [0.4, 0.5) is 0 Å². The summed E-state index contributed by atoms with van der Waals surface area (Å²) in [5.41, 5.74) is 0. The van der Waals surface area contributed by atoms with Crippen molar-refractivity contribution >= 4 is 5.96 Å². The molecule has 0 atom stereocenters. The summed E-state index contributed by atoms with van der Waals surface area (Å²) < 4.78 is 5.27. The lowest BCUT2D eigenvalue weighted by Gasteiger charge is -2.10. The molecule has 2 rings (SSSR count). The minimum atomic E-state index is 0.585. The van der Waals surface area contributed by atoms with Crippen LogP contribution in [0.5, 0.6) is 0 Å². The van der Waals surface area contributed by atoms with E-state index in [0.29, 0.717) is 11.6 Å². The molecule has 0 radical (unpaired) electrons. The fourth-order valence-electron chi connectivity index (χ4n) is 2.02. The smallest absolute Gasteiger partial charge is 0.216 e. The van der Waals surface area contributed by atoms with Gasteiger partial charge in [-0.05, 0) is 18.6 Å². The Balaban J connectivity index is 1.71. The van der Waals surface area contributed by atoms with Crippen molar-refractivity contribution in [2.45, 2.75) is 32.6 Å². The minimum Gasteiger partial charge on any atom is -0.461 e. The molecule has 0 saturated heterocycles. The Bertz CT molecular complexity index is 560. The van der Waals surface area contributed by atoms with Crippen molar-refractivity contribution in [2.75, 3.05) is 20.1 Å². The highest BCUT2D eigenvalue weighted by Gasteiger charge is 2.08. The molecule has 2 aromatic rings. The number of aliphatic imine (C=N–C) groups is 1. The summed E-state index contributed by atoms with van der Waals surface area (Å²) in [6.45, 7) is 3.88. The largest absolute Gasteiger partial charge is 0.461 e. The molecule has 0 aromatic carbocycles. The van der Waals surface area contributed by atoms with Gasteiger partial charge in [0.1, 0.15) is 5.82 Å². The number of furan rings is 1. The zero-order valence-corrected chi connectivity index (χ0v) is 13.2. The van der Waals surface area contributed by atoms with Crippen LogP contribution in [-0.4, -0.2) is 41.3 Å². The van der Waals surface area contributed by atoms with Gasteiger partial charge in [-0.15, -0.1) is 0 Å². The average Bonchev–Trinajstić information content (AvgIpc) is 3.20. The normalized spacial score (nSPS) is 11.6. The van der Waals surface area contributed by atoms with Crippen LogP contribution in [0.3, 0.4) is 0 Å². The number of nitrogens with zero attached hydrogens (tertiary/aromatic N) is 3. The standard InChI is InChI=1S/C15H24N6O/c1-3-4-5-9-17-15(16-2)18-10-8-13-19-14(21-20-13)12-7-6-11-22-12/h6-7,11H,3-5,8-10H2,1-2H3,(H2,16,17,18)(H,19,20,21). The molecule has 0 amide bonds. The molecule has 22 heavy (non-hydrogen) atoms. The maximum Gasteiger partial charge on any atom is 0.216 e. The fraction of sp³-hybridized carbons (Fsp3) is 0.533. The summed E-state index contributed by atoms with van der Waals surface area (Å²) in [6, 6.07) is 3.66. The van der Waals surface area contributed by atoms with Gasteiger partial charge in [-0.3, -0.25) is 10.1 Å². The number of nitrogens with one attached hydrogen (secondary N) is 3. The van der Waals surface area contributed by atoms with Gasteiger partial charge in [0.25, 0.3) is 0 Å². The molecule has 7 heteroatoms. The van der Waals surface area contributed by atoms with Gasteiger partial charge >= 0.3 is 0 Å². The van der Waals surface area contributed by atoms with Crippen LogP contribution in [0.1, 0.15) is 32.0 Å². The van der Waals surface area contributed by atoms with Crippen molar-refractivity contribution < 1.29 is 4.42 Å². The highest BCUT2D eigenvalue weighted by atomic mass is 16.3. The van der Waals surface area contributed by atoms with Crippen molar-refractivity contribution in [3.05, 3.63) is 24.2 Å². The molecule has 7 nitrogen and oxygen atoms in total. The number of aromatic amines is 1. The predicted octanol–water partition coefficient (Wildman–Crippen LogP) is 1.96. The van der Waals surface area contributed by atoms with Crippen molar-refractivity contribution in [2.24, 2.45) is 4.99 Å². The van der Waals surface area contributed by atoms with Crippen LogP contribution >= 0.6 is 0 Å². The lowest BCUT2D eigenvalue weighted by molar-refractivity contribution is 0.577. The molecule has 0 aliphatic heterocycles. The van der Waals surface area contributed by atoms with E-state index in [2.05, 4.69) is 37.7 Å². The third-order valence-electron chi connectivity index (χ3n) is 3.22. The van der Waals surface area contributed by atoms with Crippen LogP contribution in [0, 0.1) is 0 Å². The Labute approximate surface area is 130 Å². The second-order valence-corrected chi connectivity index (χ2v) is 4.97. The molecule has 0 bridgehead atoms. The van der Waals surface area contributed by atoms with Gasteiger partial charge in [0.15, 0.2) is 11.7 Å². The molecule has 120 valence electrons. The highest BCUT2D eigenvalue weighted by molar-refractivity contribution is 5.79. The van der Waals surface area contributed by atoms with Gasteiger partial charge in [0.05, 0.1) is 6.26 Å². The van der Waals surface area contributed by atoms with E-state index >= 15 is 0 Å². The molecule has 0 saturated carbocycles. The number of H-pyrrole nitrogens is 1. The van der Waals surface area contributed by atoms with Crippen molar-refractivity contribution in [3.8, 4) is 11.6 Å². The Morgan fingerprint density at radius 1 is 1.32 bits per heavy atom. The predicted molar refractivity (Wildman–Crippen MR) is 86.7 cm³/mol. The van der Waals surface area contributed by atoms with E-state index in [4.69, 9.17) is 4.42 Å². The van der Waals surface area contributed by atoms with Crippen molar-refractivity contribution in [3.63, 3.8) is 0 Å². The third-order valence-corrected chi connectivity index (χ3v) is 3.22. The number of aromatic nitrogens is 3. The highest BCUT2D eigenvalue weighted by Crippen LogP contribution is 2.14. The van der Waals surface area contributed by atoms with E-state index in [-0.39, 0.29) is 0 Å². The lowest BCUT2D eigenvalue weighted by Crippen LogP contribution is -2.38. The molecule has 0 aliphatic rings. The number of hydrogen-bond acceptors (Lipinski definition) is 4. The van der Waals surface area contributed by atoms with Crippen LogP contribution in [0.25, 0.3) is 11.6 Å². The maximum absolute atomic E-state index is 5.27. The van der Waals surface area contributed by atoms with Gasteiger partial charge in [-0.25, -0.2) is 4.98 Å². The van der Waals surface area contributed by atoms with E-state index < -0.39 is 0 Å². The van der Waals surface area contributed by atoms with E-state index in [0.717, 1.165) is 37.7 Å². The van der Waals surface area contributed by atoms with Gasteiger partial charge in [0.2, 0.25) is 5.82 Å². The number of rotatable bonds is 8. The molecule has 2 aromatic heterocycles. The molecule has 0 fully saturated rings. The first kappa shape index (κ1) is 16.1. The Morgan fingerprint density at radius 3 is 2.91 bits per heavy atom. The Kier molecular flexibility index (Phi) is 6.47. The Morgan fingerprint density at radius 2 is 2.18 bits per heavy atom. The van der Waals surface area contributed by atoms with Gasteiger partial charge in [-0.2, -0.15) is 5.10 Å². The second-order valence-electron chi connectivity index (χ2n) is 4.97. The summed E-state index contributed by atoms with van der Waals surface area (Å²) >= 11 is 0. The quantitative estimate of drug-likeness (QED) is 0.394. The molecular formula is C15H24N6O. The maximum atomic E-state index is 5.27. The second kappa shape index (κ2) is 8.86. The summed E-state index contributed by atoms with van der Waals surface area (Å²) in [6.07, 6.45) is 5.96. The number of hydrogen-bond donors (Lipinski definition) is 3. The van der Waals surface area contributed by atoms with Crippen molar-refractivity contribution in [1.82, 2.24) is 25.8 Å². The number of guanidine groups is 1. The summed E-state index contributed by atoms with van der Waals surface area (Å²) in [5.74, 6) is 2.90. The zero-order valence-electron chi connectivity index (χ0n) is 13.2. The fourth-order valence-corrected chi connectivity index (χ4v) is 2.02. The lowest BCUT2D eigenvalue weighted by atomic mass is 10.2. The molecular weight excluding hydrogens is 280 g/mol. The van der Waals surface area contributed by atoms with Crippen LogP contribution in [-0.2, 0) is 6.42 Å². The Hall–Kier alpha value is -2.31. The van der Waals surface area contributed by atoms with Crippen LogP contribution in [0.2, 0.25) is 0 Å². The molecule has 0 spiro atoms. The van der Waals surface area contributed by atoms with Crippen LogP contribution < -0.4 is 10.6 Å². The minimum absolute atomic E-state index is 0.585. The van der Waals surface area contributed by atoms with E-state index in [1.807, 2.05) is 12.1 Å². The first-order chi connectivity index (χ1) is 10.8. The molecule has 2 heterocycles. The molecule has 3 N–H and O–H groups in total.